The number of nitrogens with zero attached hydrogens (tertiary/aromatic N) is 6. The van der Waals surface area contributed by atoms with Gasteiger partial charge >= 0.3 is 0 Å². The highest BCUT2D eigenvalue weighted by molar-refractivity contribution is 5.84. The van der Waals surface area contributed by atoms with Crippen LogP contribution < -0.4 is 10.6 Å². The largest absolute Gasteiger partial charge is 0.368 e. The standard InChI is InChI=1S/C24H23F2N7O2/c1-14-5-4-9-32(21(14)22(27)34)24-17(26)12-28-23(29-24)19-11-20(18-8-10-35-31-18)33(30-19)13-15-6-2-3-7-16(15)25/h2-3,6-8,10-12,14,21H,4-5,9,13H2,1H3,(H2,27,34). The number of anilines is 1. The van der Waals surface area contributed by atoms with Crippen molar-refractivity contribution in [3.8, 4) is 22.9 Å². The van der Waals surface area contributed by atoms with Crippen LogP contribution in [0.2, 0.25) is 0 Å². The van der Waals surface area contributed by atoms with E-state index in [0.717, 1.165) is 19.0 Å². The summed E-state index contributed by atoms with van der Waals surface area (Å²) in [5.74, 6) is -1.45. The summed E-state index contributed by atoms with van der Waals surface area (Å²) < 4.78 is 35.7. The Labute approximate surface area is 199 Å². The molecule has 1 saturated heterocycles. The van der Waals surface area contributed by atoms with E-state index >= 15 is 0 Å². The molecule has 1 aliphatic rings. The second-order valence-electron chi connectivity index (χ2n) is 8.57. The molecule has 0 aliphatic carbocycles. The first-order valence-electron chi connectivity index (χ1n) is 11.2. The molecule has 2 atom stereocenters. The van der Waals surface area contributed by atoms with Crippen LogP contribution in [0, 0.1) is 17.6 Å². The van der Waals surface area contributed by atoms with Gasteiger partial charge in [-0.15, -0.1) is 0 Å². The van der Waals surface area contributed by atoms with Crippen molar-refractivity contribution in [2.75, 3.05) is 11.4 Å². The number of halogens is 2. The molecule has 1 fully saturated rings. The van der Waals surface area contributed by atoms with Crippen molar-refractivity contribution < 1.29 is 18.1 Å². The van der Waals surface area contributed by atoms with Crippen LogP contribution in [0.15, 0.2) is 53.4 Å². The molecular formula is C24H23F2N7O2. The lowest BCUT2D eigenvalue weighted by Gasteiger charge is -2.38. The van der Waals surface area contributed by atoms with Crippen molar-refractivity contribution in [2.45, 2.75) is 32.4 Å². The maximum absolute atomic E-state index is 14.9. The van der Waals surface area contributed by atoms with E-state index in [1.54, 1.807) is 39.9 Å². The molecule has 3 aromatic heterocycles. The molecule has 4 aromatic rings. The van der Waals surface area contributed by atoms with Crippen LogP contribution in [0.5, 0.6) is 0 Å². The smallest absolute Gasteiger partial charge is 0.240 e. The second-order valence-corrected chi connectivity index (χ2v) is 8.57. The molecular weight excluding hydrogens is 456 g/mol. The van der Waals surface area contributed by atoms with E-state index in [1.165, 1.54) is 12.3 Å². The van der Waals surface area contributed by atoms with Gasteiger partial charge in [0.05, 0.1) is 18.4 Å². The van der Waals surface area contributed by atoms with E-state index in [0.29, 0.717) is 29.2 Å². The lowest BCUT2D eigenvalue weighted by Crippen LogP contribution is -2.52. The molecule has 1 aliphatic heterocycles. The van der Waals surface area contributed by atoms with Gasteiger partial charge in [-0.05, 0) is 30.9 Å². The zero-order chi connectivity index (χ0) is 24.5. The van der Waals surface area contributed by atoms with E-state index < -0.39 is 17.8 Å². The summed E-state index contributed by atoms with van der Waals surface area (Å²) in [7, 11) is 0. The molecule has 35 heavy (non-hydrogen) atoms. The van der Waals surface area contributed by atoms with E-state index in [9.17, 15) is 13.6 Å². The van der Waals surface area contributed by atoms with Crippen LogP contribution in [-0.4, -0.2) is 43.4 Å². The highest BCUT2D eigenvalue weighted by atomic mass is 19.1. The normalized spacial score (nSPS) is 18.1. The van der Waals surface area contributed by atoms with E-state index in [2.05, 4.69) is 20.2 Å². The number of nitrogens with two attached hydrogens (primary N) is 1. The first-order valence-corrected chi connectivity index (χ1v) is 11.2. The molecule has 5 rings (SSSR count). The zero-order valence-electron chi connectivity index (χ0n) is 18.9. The number of carbonyl (C=O) groups is 1. The summed E-state index contributed by atoms with van der Waals surface area (Å²) in [4.78, 5) is 22.3. The first kappa shape index (κ1) is 22.6. The molecule has 0 spiro atoms. The highest BCUT2D eigenvalue weighted by Crippen LogP contribution is 2.31. The molecule has 2 N–H and O–H groups in total. The number of hydrogen-bond donors (Lipinski definition) is 1. The average Bonchev–Trinajstić information content (AvgIpc) is 3.51. The summed E-state index contributed by atoms with van der Waals surface area (Å²) in [5.41, 5.74) is 7.44. The Bertz CT molecular complexity index is 1360. The second kappa shape index (κ2) is 9.24. The van der Waals surface area contributed by atoms with Gasteiger partial charge in [-0.25, -0.2) is 18.7 Å². The van der Waals surface area contributed by atoms with E-state index in [1.807, 2.05) is 6.92 Å². The van der Waals surface area contributed by atoms with Crippen LogP contribution in [0.1, 0.15) is 25.3 Å². The minimum atomic E-state index is -0.676. The van der Waals surface area contributed by atoms with Gasteiger partial charge < -0.3 is 15.2 Å². The number of carbonyl (C=O) groups excluding carboxylic acids is 1. The molecule has 2 unspecified atom stereocenters. The van der Waals surface area contributed by atoms with Crippen molar-refractivity contribution in [2.24, 2.45) is 11.7 Å². The average molecular weight is 479 g/mol. The molecule has 11 heteroatoms. The van der Waals surface area contributed by atoms with Crippen LogP contribution in [0.25, 0.3) is 22.9 Å². The predicted molar refractivity (Wildman–Crippen MR) is 123 cm³/mol. The SMILES string of the molecule is CC1CCCN(c2nc(-c3cc(-c4ccon4)n(Cc4ccccc4F)n3)ncc2F)C1C(N)=O. The Balaban J connectivity index is 1.56. The third-order valence-electron chi connectivity index (χ3n) is 6.21. The molecule has 1 amide bonds. The molecule has 4 heterocycles. The van der Waals surface area contributed by atoms with Gasteiger partial charge in [-0.3, -0.25) is 9.48 Å². The molecule has 0 bridgehead atoms. The van der Waals surface area contributed by atoms with Crippen molar-refractivity contribution in [1.29, 1.82) is 0 Å². The van der Waals surface area contributed by atoms with Crippen LogP contribution >= 0.6 is 0 Å². The monoisotopic (exact) mass is 479 g/mol. The molecule has 1 aromatic carbocycles. The molecule has 180 valence electrons. The van der Waals surface area contributed by atoms with Crippen molar-refractivity contribution in [3.63, 3.8) is 0 Å². The number of rotatable bonds is 6. The van der Waals surface area contributed by atoms with Crippen LogP contribution in [-0.2, 0) is 11.3 Å². The number of benzene rings is 1. The fourth-order valence-corrected chi connectivity index (χ4v) is 4.53. The molecule has 9 nitrogen and oxygen atoms in total. The fourth-order valence-electron chi connectivity index (χ4n) is 4.53. The van der Waals surface area contributed by atoms with Crippen molar-refractivity contribution >= 4 is 11.7 Å². The number of primary amides is 1. The summed E-state index contributed by atoms with van der Waals surface area (Å²) in [5, 5.41) is 8.54. The lowest BCUT2D eigenvalue weighted by atomic mass is 9.90. The zero-order valence-corrected chi connectivity index (χ0v) is 18.9. The van der Waals surface area contributed by atoms with Gasteiger partial charge in [-0.2, -0.15) is 5.10 Å². The van der Waals surface area contributed by atoms with Crippen LogP contribution in [0.4, 0.5) is 14.6 Å². The van der Waals surface area contributed by atoms with Gasteiger partial charge in [-0.1, -0.05) is 30.3 Å². The summed E-state index contributed by atoms with van der Waals surface area (Å²) in [6, 6.07) is 9.05. The summed E-state index contributed by atoms with van der Waals surface area (Å²) in [6.45, 7) is 2.48. The summed E-state index contributed by atoms with van der Waals surface area (Å²) >= 11 is 0. The van der Waals surface area contributed by atoms with Gasteiger partial charge in [0.25, 0.3) is 0 Å². The first-order chi connectivity index (χ1) is 16.9. The van der Waals surface area contributed by atoms with Crippen molar-refractivity contribution in [3.05, 3.63) is 66.1 Å². The number of hydrogen-bond acceptors (Lipinski definition) is 7. The number of amides is 1. The molecule has 0 saturated carbocycles. The third-order valence-corrected chi connectivity index (χ3v) is 6.21. The minimum Gasteiger partial charge on any atom is -0.368 e. The number of piperidine rings is 1. The van der Waals surface area contributed by atoms with E-state index in [-0.39, 0.29) is 29.9 Å². The maximum atomic E-state index is 14.9. The quantitative estimate of drug-likeness (QED) is 0.450. The number of aromatic nitrogens is 5. The Hall–Kier alpha value is -4.15. The Morgan fingerprint density at radius 2 is 2.03 bits per heavy atom. The molecule has 0 radical (unpaired) electrons. The highest BCUT2D eigenvalue weighted by Gasteiger charge is 2.35. The lowest BCUT2D eigenvalue weighted by molar-refractivity contribution is -0.120. The Morgan fingerprint density at radius 1 is 1.20 bits per heavy atom. The van der Waals surface area contributed by atoms with Crippen LogP contribution in [0.3, 0.4) is 0 Å². The predicted octanol–water partition coefficient (Wildman–Crippen LogP) is 3.41. The fraction of sp³-hybridized carbons (Fsp3) is 0.292. The Morgan fingerprint density at radius 3 is 2.77 bits per heavy atom. The van der Waals surface area contributed by atoms with Crippen molar-refractivity contribution in [1.82, 2.24) is 24.9 Å². The topological polar surface area (TPSA) is 116 Å². The maximum Gasteiger partial charge on any atom is 0.240 e. The minimum absolute atomic E-state index is 0.00279. The van der Waals surface area contributed by atoms with E-state index in [4.69, 9.17) is 10.3 Å². The Kier molecular flexibility index (Phi) is 5.98. The van der Waals surface area contributed by atoms with Gasteiger partial charge in [0, 0.05) is 18.2 Å². The summed E-state index contributed by atoms with van der Waals surface area (Å²) in [6.07, 6.45) is 4.06. The van der Waals surface area contributed by atoms with Gasteiger partial charge in [0.1, 0.15) is 29.5 Å². The third kappa shape index (κ3) is 4.36. The van der Waals surface area contributed by atoms with Gasteiger partial charge in [0.15, 0.2) is 17.5 Å². The van der Waals surface area contributed by atoms with Gasteiger partial charge in [0.2, 0.25) is 5.91 Å².